The van der Waals surface area contributed by atoms with E-state index >= 15 is 0 Å². The molecule has 0 aromatic carbocycles. The van der Waals surface area contributed by atoms with Gasteiger partial charge in [-0.1, -0.05) is 13.0 Å². The number of rotatable bonds is 7. The Bertz CT molecular complexity index is 548. The van der Waals surface area contributed by atoms with Crippen molar-refractivity contribution < 1.29 is 14.6 Å². The molecule has 5 nitrogen and oxygen atoms in total. The Kier molecular flexibility index (Phi) is 4.57. The highest BCUT2D eigenvalue weighted by Gasteiger charge is 2.38. The maximum absolute atomic E-state index is 12.3. The van der Waals surface area contributed by atoms with Crippen molar-refractivity contribution in [1.29, 1.82) is 0 Å². The second-order valence-electron chi connectivity index (χ2n) is 7.38. The van der Waals surface area contributed by atoms with Crippen LogP contribution in [0.5, 0.6) is 5.88 Å². The fourth-order valence-corrected chi connectivity index (χ4v) is 3.20. The maximum Gasteiger partial charge on any atom is 0.220 e. The van der Waals surface area contributed by atoms with Gasteiger partial charge in [0.15, 0.2) is 0 Å². The van der Waals surface area contributed by atoms with Crippen molar-refractivity contribution in [1.82, 2.24) is 10.3 Å². The van der Waals surface area contributed by atoms with Gasteiger partial charge in [0.2, 0.25) is 11.8 Å². The minimum Gasteiger partial charge on any atom is -0.481 e. The van der Waals surface area contributed by atoms with Gasteiger partial charge in [0.25, 0.3) is 0 Å². The van der Waals surface area contributed by atoms with Gasteiger partial charge in [-0.3, -0.25) is 4.79 Å². The molecule has 0 radical (unpaired) electrons. The Hall–Kier alpha value is -1.62. The van der Waals surface area contributed by atoms with E-state index in [9.17, 15) is 9.90 Å². The molecule has 2 fully saturated rings. The molecule has 1 unspecified atom stereocenters. The first-order chi connectivity index (χ1) is 11.0. The first kappa shape index (κ1) is 16.2. The standard InChI is InChI=1S/C18H26N2O3/c1-18(7-8-18)6-5-15(22)20-17(13-9-14(21)10-13)12-3-4-16(23-2)19-11-12/h3-4,11,13-14,17,21H,5-10H2,1-2H3,(H,20,22). The summed E-state index contributed by atoms with van der Waals surface area (Å²) in [6.07, 6.45) is 6.99. The summed E-state index contributed by atoms with van der Waals surface area (Å²) >= 11 is 0. The largest absolute Gasteiger partial charge is 0.481 e. The third kappa shape index (κ3) is 4.02. The van der Waals surface area contributed by atoms with E-state index in [2.05, 4.69) is 17.2 Å². The van der Waals surface area contributed by atoms with Crippen LogP contribution in [-0.4, -0.2) is 29.2 Å². The molecular weight excluding hydrogens is 292 g/mol. The van der Waals surface area contributed by atoms with Crippen molar-refractivity contribution in [3.8, 4) is 5.88 Å². The molecule has 0 saturated heterocycles. The van der Waals surface area contributed by atoms with Gasteiger partial charge in [0, 0.05) is 18.7 Å². The third-order valence-corrected chi connectivity index (χ3v) is 5.32. The average molecular weight is 318 g/mol. The number of hydrogen-bond donors (Lipinski definition) is 2. The SMILES string of the molecule is COc1ccc(C(NC(=O)CCC2(C)CC2)C2CC(O)C2)cn1. The topological polar surface area (TPSA) is 71.5 Å². The van der Waals surface area contributed by atoms with Crippen LogP contribution in [0.4, 0.5) is 0 Å². The number of aliphatic hydroxyl groups is 1. The van der Waals surface area contributed by atoms with Crippen LogP contribution < -0.4 is 10.1 Å². The Labute approximate surface area is 137 Å². The van der Waals surface area contributed by atoms with Gasteiger partial charge in [-0.15, -0.1) is 0 Å². The number of nitrogens with zero attached hydrogens (tertiary/aromatic N) is 1. The Morgan fingerprint density at radius 2 is 2.22 bits per heavy atom. The average Bonchev–Trinajstić information content (AvgIpc) is 3.26. The van der Waals surface area contributed by atoms with Crippen molar-refractivity contribution >= 4 is 5.91 Å². The van der Waals surface area contributed by atoms with Crippen LogP contribution in [-0.2, 0) is 4.79 Å². The molecule has 0 bridgehead atoms. The van der Waals surface area contributed by atoms with Crippen molar-refractivity contribution in [2.24, 2.45) is 11.3 Å². The molecular formula is C18H26N2O3. The molecule has 2 aliphatic carbocycles. The summed E-state index contributed by atoms with van der Waals surface area (Å²) in [5.41, 5.74) is 1.37. The molecule has 2 aliphatic rings. The summed E-state index contributed by atoms with van der Waals surface area (Å²) in [6, 6.07) is 3.69. The monoisotopic (exact) mass is 318 g/mol. The number of aliphatic hydroxyl groups excluding tert-OH is 1. The lowest BCUT2D eigenvalue weighted by Gasteiger charge is -2.38. The van der Waals surface area contributed by atoms with E-state index in [-0.39, 0.29) is 24.0 Å². The Balaban J connectivity index is 1.63. The summed E-state index contributed by atoms with van der Waals surface area (Å²) in [6.45, 7) is 2.24. The zero-order chi connectivity index (χ0) is 16.4. The predicted molar refractivity (Wildman–Crippen MR) is 87.0 cm³/mol. The number of carbonyl (C=O) groups excluding carboxylic acids is 1. The molecule has 3 rings (SSSR count). The van der Waals surface area contributed by atoms with Crippen LogP contribution >= 0.6 is 0 Å². The Morgan fingerprint density at radius 1 is 1.48 bits per heavy atom. The molecule has 0 spiro atoms. The maximum atomic E-state index is 12.3. The molecule has 1 atom stereocenters. The summed E-state index contributed by atoms with van der Waals surface area (Å²) in [4.78, 5) is 16.6. The van der Waals surface area contributed by atoms with E-state index in [1.807, 2.05) is 12.1 Å². The molecule has 1 aromatic heterocycles. The number of pyridine rings is 1. The smallest absolute Gasteiger partial charge is 0.220 e. The molecule has 1 aromatic rings. The van der Waals surface area contributed by atoms with Gasteiger partial charge in [-0.2, -0.15) is 0 Å². The van der Waals surface area contributed by atoms with E-state index in [1.165, 1.54) is 12.8 Å². The lowest BCUT2D eigenvalue weighted by atomic mass is 9.75. The van der Waals surface area contributed by atoms with Crippen molar-refractivity contribution in [3.63, 3.8) is 0 Å². The van der Waals surface area contributed by atoms with Crippen LogP contribution in [0.2, 0.25) is 0 Å². The number of aromatic nitrogens is 1. The quantitative estimate of drug-likeness (QED) is 0.810. The van der Waals surface area contributed by atoms with Crippen molar-refractivity contribution in [3.05, 3.63) is 23.9 Å². The normalized spacial score (nSPS) is 26.0. The highest BCUT2D eigenvalue weighted by molar-refractivity contribution is 5.76. The lowest BCUT2D eigenvalue weighted by molar-refractivity contribution is -0.123. The van der Waals surface area contributed by atoms with Crippen molar-refractivity contribution in [2.75, 3.05) is 7.11 Å². The molecule has 2 saturated carbocycles. The first-order valence-electron chi connectivity index (χ1n) is 8.46. The number of nitrogens with one attached hydrogen (secondary N) is 1. The number of carbonyl (C=O) groups is 1. The van der Waals surface area contributed by atoms with E-state index in [0.717, 1.165) is 24.8 Å². The first-order valence-corrected chi connectivity index (χ1v) is 8.46. The minimum absolute atomic E-state index is 0.0729. The predicted octanol–water partition coefficient (Wildman–Crippen LogP) is 2.60. The summed E-state index contributed by atoms with van der Waals surface area (Å²) in [5, 5.41) is 12.8. The third-order valence-electron chi connectivity index (χ3n) is 5.32. The highest BCUT2D eigenvalue weighted by Crippen LogP contribution is 2.49. The number of amides is 1. The van der Waals surface area contributed by atoms with Gasteiger partial charge in [-0.25, -0.2) is 4.98 Å². The highest BCUT2D eigenvalue weighted by atomic mass is 16.5. The van der Waals surface area contributed by atoms with Gasteiger partial charge in [0.05, 0.1) is 19.3 Å². The van der Waals surface area contributed by atoms with Crippen LogP contribution in [0.3, 0.4) is 0 Å². The van der Waals surface area contributed by atoms with Crippen LogP contribution in [0.1, 0.15) is 57.1 Å². The zero-order valence-corrected chi connectivity index (χ0v) is 13.9. The number of methoxy groups -OCH3 is 1. The molecule has 5 heteroatoms. The molecule has 23 heavy (non-hydrogen) atoms. The van der Waals surface area contributed by atoms with Gasteiger partial charge in [0.1, 0.15) is 0 Å². The van der Waals surface area contributed by atoms with Gasteiger partial charge >= 0.3 is 0 Å². The van der Waals surface area contributed by atoms with Crippen molar-refractivity contribution in [2.45, 2.75) is 57.6 Å². The lowest BCUT2D eigenvalue weighted by Crippen LogP contribution is -2.41. The van der Waals surface area contributed by atoms with E-state index in [4.69, 9.17) is 4.74 Å². The zero-order valence-electron chi connectivity index (χ0n) is 13.9. The molecule has 126 valence electrons. The van der Waals surface area contributed by atoms with Crippen LogP contribution in [0.15, 0.2) is 18.3 Å². The summed E-state index contributed by atoms with van der Waals surface area (Å²) < 4.78 is 5.09. The van der Waals surface area contributed by atoms with E-state index in [1.54, 1.807) is 13.3 Å². The van der Waals surface area contributed by atoms with Gasteiger partial charge < -0.3 is 15.2 Å². The number of hydrogen-bond acceptors (Lipinski definition) is 4. The number of ether oxygens (including phenoxy) is 1. The van der Waals surface area contributed by atoms with Crippen LogP contribution in [0, 0.1) is 11.3 Å². The summed E-state index contributed by atoms with van der Waals surface area (Å²) in [5.74, 6) is 0.940. The molecule has 0 aliphatic heterocycles. The second-order valence-corrected chi connectivity index (χ2v) is 7.38. The van der Waals surface area contributed by atoms with Crippen LogP contribution in [0.25, 0.3) is 0 Å². The molecule has 1 heterocycles. The molecule has 1 amide bonds. The second kappa shape index (κ2) is 6.48. The fourth-order valence-electron chi connectivity index (χ4n) is 3.20. The fraction of sp³-hybridized carbons (Fsp3) is 0.667. The molecule has 2 N–H and O–H groups in total. The Morgan fingerprint density at radius 3 is 2.74 bits per heavy atom. The summed E-state index contributed by atoms with van der Waals surface area (Å²) in [7, 11) is 1.59. The minimum atomic E-state index is -0.240. The van der Waals surface area contributed by atoms with E-state index < -0.39 is 0 Å². The van der Waals surface area contributed by atoms with Gasteiger partial charge in [-0.05, 0) is 49.0 Å². The van der Waals surface area contributed by atoms with E-state index in [0.29, 0.717) is 17.7 Å².